The third kappa shape index (κ3) is 3.58. The number of fused-ring (bicyclic) bond motifs is 1. The lowest BCUT2D eigenvalue weighted by Crippen LogP contribution is -2.38. The van der Waals surface area contributed by atoms with Crippen molar-refractivity contribution < 1.29 is 14.3 Å². The fraction of sp³-hybridized carbons (Fsp3) is 0.176. The Morgan fingerprint density at radius 3 is 2.83 bits per heavy atom. The van der Waals surface area contributed by atoms with Gasteiger partial charge < -0.3 is 10.1 Å². The molecule has 1 unspecified atom stereocenters. The van der Waals surface area contributed by atoms with Gasteiger partial charge in [-0.1, -0.05) is 15.9 Å². The van der Waals surface area contributed by atoms with E-state index < -0.39 is 12.1 Å². The molecule has 0 aliphatic carbocycles. The molecule has 2 aromatic rings. The molecule has 0 bridgehead atoms. The molecule has 0 saturated carbocycles. The van der Waals surface area contributed by atoms with Crippen LogP contribution in [0.2, 0.25) is 0 Å². The highest BCUT2D eigenvalue weighted by atomic mass is 127. The predicted molar refractivity (Wildman–Crippen MR) is 99.6 cm³/mol. The van der Waals surface area contributed by atoms with E-state index in [2.05, 4.69) is 43.8 Å². The van der Waals surface area contributed by atoms with Crippen LogP contribution in [0.1, 0.15) is 21.5 Å². The topological polar surface area (TPSA) is 55.4 Å². The summed E-state index contributed by atoms with van der Waals surface area (Å²) in [4.78, 5) is 24.5. The van der Waals surface area contributed by atoms with Crippen LogP contribution in [0.5, 0.6) is 0 Å². The van der Waals surface area contributed by atoms with Gasteiger partial charge in [0.15, 0.2) is 6.10 Å². The molecule has 0 saturated heterocycles. The zero-order chi connectivity index (χ0) is 16.6. The molecular formula is C17H13BrINO3. The molecule has 1 aliphatic rings. The Balaban J connectivity index is 1.80. The van der Waals surface area contributed by atoms with E-state index >= 15 is 0 Å². The number of nitrogens with one attached hydrogen (secondary N) is 1. The summed E-state index contributed by atoms with van der Waals surface area (Å²) in [5.74, 6) is -0.772. The van der Waals surface area contributed by atoms with E-state index in [0.717, 1.165) is 24.9 Å². The Morgan fingerprint density at radius 2 is 2.09 bits per heavy atom. The van der Waals surface area contributed by atoms with Crippen LogP contribution in [0.4, 0.5) is 5.69 Å². The number of carbonyl (C=O) groups is 2. The maximum absolute atomic E-state index is 12.4. The van der Waals surface area contributed by atoms with E-state index in [1.807, 2.05) is 31.2 Å². The average molecular weight is 486 g/mol. The van der Waals surface area contributed by atoms with Gasteiger partial charge >= 0.3 is 5.97 Å². The Morgan fingerprint density at radius 1 is 1.30 bits per heavy atom. The minimum Gasteiger partial charge on any atom is -0.448 e. The molecule has 1 aliphatic heterocycles. The lowest BCUT2D eigenvalue weighted by atomic mass is 9.98. The van der Waals surface area contributed by atoms with Crippen LogP contribution < -0.4 is 5.32 Å². The standard InChI is InChI=1S/C17H13BrINO3/c1-9-6-12(19)3-5-14(9)20-16(21)15-8-10-7-11(18)2-4-13(10)17(22)23-15/h2-7,15H,8H2,1H3,(H,20,21). The van der Waals surface area contributed by atoms with Gasteiger partial charge in [0, 0.05) is 20.2 Å². The van der Waals surface area contributed by atoms with Crippen molar-refractivity contribution in [2.24, 2.45) is 0 Å². The van der Waals surface area contributed by atoms with Gasteiger partial charge in [0.2, 0.25) is 0 Å². The number of carbonyl (C=O) groups excluding carboxylic acids is 2. The van der Waals surface area contributed by atoms with Gasteiger partial charge in [0.25, 0.3) is 5.91 Å². The molecule has 23 heavy (non-hydrogen) atoms. The van der Waals surface area contributed by atoms with Gasteiger partial charge in [-0.15, -0.1) is 0 Å². The highest BCUT2D eigenvalue weighted by molar-refractivity contribution is 14.1. The van der Waals surface area contributed by atoms with E-state index in [1.54, 1.807) is 12.1 Å². The number of anilines is 1. The quantitative estimate of drug-likeness (QED) is 0.515. The van der Waals surface area contributed by atoms with Crippen molar-refractivity contribution in [3.8, 4) is 0 Å². The molecule has 4 nitrogen and oxygen atoms in total. The normalized spacial score (nSPS) is 16.5. The summed E-state index contributed by atoms with van der Waals surface area (Å²) >= 11 is 5.60. The number of benzene rings is 2. The first kappa shape index (κ1) is 16.4. The van der Waals surface area contributed by atoms with Crippen LogP contribution in [0.25, 0.3) is 0 Å². The van der Waals surface area contributed by atoms with Crippen LogP contribution in [-0.4, -0.2) is 18.0 Å². The smallest absolute Gasteiger partial charge is 0.339 e. The summed E-state index contributed by atoms with van der Waals surface area (Å²) in [5.41, 5.74) is 3.03. The molecule has 118 valence electrons. The first-order chi connectivity index (χ1) is 10.9. The van der Waals surface area contributed by atoms with Gasteiger partial charge in [-0.05, 0) is 77.0 Å². The average Bonchev–Trinajstić information content (AvgIpc) is 2.49. The zero-order valence-corrected chi connectivity index (χ0v) is 16.0. The van der Waals surface area contributed by atoms with Crippen LogP contribution in [0, 0.1) is 10.5 Å². The van der Waals surface area contributed by atoms with E-state index in [9.17, 15) is 9.59 Å². The number of amides is 1. The number of aryl methyl sites for hydroxylation is 1. The molecular weight excluding hydrogens is 473 g/mol. The fourth-order valence-electron chi connectivity index (χ4n) is 2.49. The molecule has 0 radical (unpaired) electrons. The van der Waals surface area contributed by atoms with Gasteiger partial charge in [-0.25, -0.2) is 4.79 Å². The zero-order valence-electron chi connectivity index (χ0n) is 12.2. The first-order valence-electron chi connectivity index (χ1n) is 7.00. The highest BCUT2D eigenvalue weighted by Crippen LogP contribution is 2.25. The Labute approximate surface area is 155 Å². The monoisotopic (exact) mass is 485 g/mol. The van der Waals surface area contributed by atoms with Crippen LogP contribution in [0.15, 0.2) is 40.9 Å². The Kier molecular flexibility index (Phi) is 4.72. The van der Waals surface area contributed by atoms with Crippen molar-refractivity contribution in [3.05, 3.63) is 61.1 Å². The summed E-state index contributed by atoms with van der Waals surface area (Å²) in [5, 5.41) is 2.84. The van der Waals surface area contributed by atoms with E-state index in [0.29, 0.717) is 12.0 Å². The van der Waals surface area contributed by atoms with Crippen LogP contribution in [0.3, 0.4) is 0 Å². The van der Waals surface area contributed by atoms with Crippen LogP contribution in [-0.2, 0) is 16.0 Å². The maximum atomic E-state index is 12.4. The van der Waals surface area contributed by atoms with E-state index in [-0.39, 0.29) is 5.91 Å². The molecule has 1 heterocycles. The third-order valence-corrected chi connectivity index (χ3v) is 4.84. The number of esters is 1. The number of rotatable bonds is 2. The van der Waals surface area contributed by atoms with Crippen molar-refractivity contribution in [2.75, 3.05) is 5.32 Å². The Bertz CT molecular complexity index is 806. The second kappa shape index (κ2) is 6.60. The SMILES string of the molecule is Cc1cc(I)ccc1NC(=O)C1Cc2cc(Br)ccc2C(=O)O1. The molecule has 0 fully saturated rings. The number of hydrogen-bond donors (Lipinski definition) is 1. The minimum atomic E-state index is -0.817. The first-order valence-corrected chi connectivity index (χ1v) is 8.87. The van der Waals surface area contributed by atoms with Crippen molar-refractivity contribution in [2.45, 2.75) is 19.4 Å². The lowest BCUT2D eigenvalue weighted by molar-refractivity contribution is -0.125. The van der Waals surface area contributed by atoms with Crippen molar-refractivity contribution >= 4 is 56.1 Å². The largest absolute Gasteiger partial charge is 0.448 e. The van der Waals surface area contributed by atoms with Gasteiger partial charge in [0.05, 0.1) is 5.56 Å². The molecule has 3 rings (SSSR count). The van der Waals surface area contributed by atoms with Crippen molar-refractivity contribution in [1.29, 1.82) is 0 Å². The summed E-state index contributed by atoms with van der Waals surface area (Å²) in [6.45, 7) is 1.93. The highest BCUT2D eigenvalue weighted by Gasteiger charge is 2.31. The Hall–Kier alpha value is -1.41. The van der Waals surface area contributed by atoms with Crippen LogP contribution >= 0.6 is 38.5 Å². The lowest BCUT2D eigenvalue weighted by Gasteiger charge is -2.24. The second-order valence-corrected chi connectivity index (χ2v) is 7.51. The van der Waals surface area contributed by atoms with Crippen molar-refractivity contribution in [3.63, 3.8) is 0 Å². The fourth-order valence-corrected chi connectivity index (χ4v) is 3.55. The molecule has 2 aromatic carbocycles. The number of hydrogen-bond acceptors (Lipinski definition) is 3. The molecule has 0 aromatic heterocycles. The minimum absolute atomic E-state index is 0.312. The molecule has 1 amide bonds. The molecule has 6 heteroatoms. The van der Waals surface area contributed by atoms with Crippen molar-refractivity contribution in [1.82, 2.24) is 0 Å². The summed E-state index contributed by atoms with van der Waals surface area (Å²) in [7, 11) is 0. The number of ether oxygens (including phenoxy) is 1. The number of halogens is 2. The second-order valence-electron chi connectivity index (χ2n) is 5.35. The number of cyclic esters (lactones) is 1. The van der Waals surface area contributed by atoms with Gasteiger partial charge in [0.1, 0.15) is 0 Å². The maximum Gasteiger partial charge on any atom is 0.339 e. The third-order valence-electron chi connectivity index (χ3n) is 3.68. The summed E-state index contributed by atoms with van der Waals surface area (Å²) < 4.78 is 7.25. The molecule has 0 spiro atoms. The van der Waals surface area contributed by atoms with E-state index in [4.69, 9.17) is 4.74 Å². The van der Waals surface area contributed by atoms with Gasteiger partial charge in [-0.3, -0.25) is 4.79 Å². The summed E-state index contributed by atoms with van der Waals surface area (Å²) in [6, 6.07) is 11.1. The molecule has 1 atom stereocenters. The molecule has 1 N–H and O–H groups in total. The summed E-state index contributed by atoms with van der Waals surface area (Å²) in [6.07, 6.45) is -0.446. The predicted octanol–water partition coefficient (Wildman–Crippen LogP) is 4.08. The van der Waals surface area contributed by atoms with E-state index in [1.165, 1.54) is 0 Å². The van der Waals surface area contributed by atoms with Gasteiger partial charge in [-0.2, -0.15) is 0 Å².